The first-order valence-corrected chi connectivity index (χ1v) is 6.51. The fourth-order valence-corrected chi connectivity index (χ4v) is 1.61. The molecule has 0 spiro atoms. The summed E-state index contributed by atoms with van der Waals surface area (Å²) in [5.74, 6) is 0.771. The van der Waals surface area contributed by atoms with Gasteiger partial charge in [-0.3, -0.25) is 4.98 Å². The molecule has 0 aliphatic carbocycles. The average molecular weight is 261 g/mol. The monoisotopic (exact) mass is 261 g/mol. The molecule has 0 atom stereocenters. The van der Waals surface area contributed by atoms with Crippen LogP contribution in [0.15, 0.2) is 30.7 Å². The Labute approximate surface area is 112 Å². The molecule has 0 fully saturated rings. The average Bonchev–Trinajstić information content (AvgIpc) is 2.88. The van der Waals surface area contributed by atoms with Gasteiger partial charge in [0.05, 0.1) is 18.4 Å². The van der Waals surface area contributed by atoms with Crippen LogP contribution in [0.1, 0.15) is 19.0 Å². The number of hydrogen-bond donors (Lipinski definition) is 1. The van der Waals surface area contributed by atoms with E-state index < -0.39 is 0 Å². The van der Waals surface area contributed by atoms with E-state index in [1.807, 2.05) is 18.3 Å². The van der Waals surface area contributed by atoms with Crippen molar-refractivity contribution in [3.8, 4) is 5.75 Å². The van der Waals surface area contributed by atoms with Crippen LogP contribution < -0.4 is 10.1 Å². The summed E-state index contributed by atoms with van der Waals surface area (Å²) in [6.07, 6.45) is 6.48. The van der Waals surface area contributed by atoms with Crippen LogP contribution in [0, 0.1) is 0 Å². The summed E-state index contributed by atoms with van der Waals surface area (Å²) in [5, 5.41) is 11.4. The van der Waals surface area contributed by atoms with Crippen molar-refractivity contribution in [2.75, 3.05) is 13.2 Å². The molecule has 1 N–H and O–H groups in total. The third-order valence-electron chi connectivity index (χ3n) is 2.54. The predicted molar refractivity (Wildman–Crippen MR) is 71.8 cm³/mol. The molecule has 2 heterocycles. The van der Waals surface area contributed by atoms with E-state index in [-0.39, 0.29) is 0 Å². The molecule has 0 saturated carbocycles. The molecular formula is C13H19N5O. The van der Waals surface area contributed by atoms with E-state index in [1.54, 1.807) is 17.1 Å². The highest BCUT2D eigenvalue weighted by atomic mass is 16.5. The fraction of sp³-hybridized carbons (Fsp3) is 0.462. The first-order valence-electron chi connectivity index (χ1n) is 6.51. The summed E-state index contributed by atoms with van der Waals surface area (Å²) in [6.45, 7) is 5.13. The lowest BCUT2D eigenvalue weighted by molar-refractivity contribution is 0.288. The quantitative estimate of drug-likeness (QED) is 0.725. The van der Waals surface area contributed by atoms with Gasteiger partial charge in [-0.05, 0) is 25.1 Å². The molecule has 102 valence electrons. The Bertz CT molecular complexity index is 471. The molecule has 0 saturated heterocycles. The first-order chi connectivity index (χ1) is 9.38. The summed E-state index contributed by atoms with van der Waals surface area (Å²) in [5.41, 5.74) is 0.954. The highest BCUT2D eigenvalue weighted by Gasteiger charge is 2.00. The largest absolute Gasteiger partial charge is 0.490 e. The molecule has 19 heavy (non-hydrogen) atoms. The molecule has 2 rings (SSSR count). The van der Waals surface area contributed by atoms with Crippen molar-refractivity contribution in [2.45, 2.75) is 26.4 Å². The van der Waals surface area contributed by atoms with Gasteiger partial charge < -0.3 is 10.1 Å². The zero-order valence-corrected chi connectivity index (χ0v) is 11.1. The lowest BCUT2D eigenvalue weighted by Gasteiger charge is -2.04. The van der Waals surface area contributed by atoms with Gasteiger partial charge in [0.2, 0.25) is 0 Å². The van der Waals surface area contributed by atoms with E-state index >= 15 is 0 Å². The van der Waals surface area contributed by atoms with Crippen LogP contribution >= 0.6 is 0 Å². The molecule has 0 aliphatic heterocycles. The highest BCUT2D eigenvalue weighted by Crippen LogP contribution is 2.05. The fourth-order valence-electron chi connectivity index (χ4n) is 1.61. The molecule has 0 amide bonds. The Morgan fingerprint density at radius 2 is 2.37 bits per heavy atom. The number of nitrogens with one attached hydrogen (secondary N) is 1. The Kier molecular flexibility index (Phi) is 5.31. The second-order valence-electron chi connectivity index (χ2n) is 4.19. The number of hydrogen-bond acceptors (Lipinski definition) is 5. The van der Waals surface area contributed by atoms with E-state index in [2.05, 4.69) is 27.5 Å². The van der Waals surface area contributed by atoms with Gasteiger partial charge in [0.1, 0.15) is 12.4 Å². The maximum absolute atomic E-state index is 5.55. The number of aromatic nitrogens is 4. The summed E-state index contributed by atoms with van der Waals surface area (Å²) in [7, 11) is 0. The lowest BCUT2D eigenvalue weighted by Crippen LogP contribution is -2.14. The van der Waals surface area contributed by atoms with Crippen molar-refractivity contribution in [3.63, 3.8) is 0 Å². The highest BCUT2D eigenvalue weighted by molar-refractivity contribution is 5.15. The molecule has 6 heteroatoms. The van der Waals surface area contributed by atoms with Gasteiger partial charge >= 0.3 is 0 Å². The normalized spacial score (nSPS) is 10.6. The zero-order chi connectivity index (χ0) is 13.3. The van der Waals surface area contributed by atoms with Crippen LogP contribution in [0.2, 0.25) is 0 Å². The maximum Gasteiger partial charge on any atom is 0.137 e. The van der Waals surface area contributed by atoms with Gasteiger partial charge in [0.25, 0.3) is 0 Å². The standard InChI is InChI=1S/C13H19N5O/c1-2-5-14-9-12-11-18(17-16-12)7-8-19-13-4-3-6-15-10-13/h3-4,6,10-11,14H,2,5,7-9H2,1H3. The minimum absolute atomic E-state index is 0.552. The number of rotatable bonds is 8. The summed E-state index contributed by atoms with van der Waals surface area (Å²) < 4.78 is 7.34. The molecule has 0 aromatic carbocycles. The maximum atomic E-state index is 5.55. The molecule has 2 aromatic rings. The molecule has 6 nitrogen and oxygen atoms in total. The number of ether oxygens (including phenoxy) is 1. The van der Waals surface area contributed by atoms with Gasteiger partial charge in [0, 0.05) is 18.9 Å². The van der Waals surface area contributed by atoms with Crippen LogP contribution in [-0.2, 0) is 13.1 Å². The van der Waals surface area contributed by atoms with Crippen molar-refractivity contribution in [1.29, 1.82) is 0 Å². The summed E-state index contributed by atoms with van der Waals surface area (Å²) in [4.78, 5) is 3.99. The first kappa shape index (κ1) is 13.5. The molecule has 0 aliphatic rings. The van der Waals surface area contributed by atoms with Crippen molar-refractivity contribution in [1.82, 2.24) is 25.3 Å². The number of nitrogens with zero attached hydrogens (tertiary/aromatic N) is 4. The van der Waals surface area contributed by atoms with E-state index in [0.29, 0.717) is 13.2 Å². The molecule has 0 unspecified atom stereocenters. The lowest BCUT2D eigenvalue weighted by atomic mass is 10.4. The van der Waals surface area contributed by atoms with Crippen molar-refractivity contribution < 1.29 is 4.74 Å². The van der Waals surface area contributed by atoms with Crippen molar-refractivity contribution in [2.24, 2.45) is 0 Å². The second kappa shape index (κ2) is 7.48. The van der Waals surface area contributed by atoms with Gasteiger partial charge in [0.15, 0.2) is 0 Å². The van der Waals surface area contributed by atoms with Gasteiger partial charge in [-0.25, -0.2) is 4.68 Å². The number of pyridine rings is 1. The topological polar surface area (TPSA) is 64.9 Å². The Morgan fingerprint density at radius 3 is 3.16 bits per heavy atom. The van der Waals surface area contributed by atoms with Gasteiger partial charge in [-0.15, -0.1) is 5.10 Å². The minimum atomic E-state index is 0.552. The van der Waals surface area contributed by atoms with Gasteiger partial charge in [-0.1, -0.05) is 12.1 Å². The Morgan fingerprint density at radius 1 is 1.42 bits per heavy atom. The van der Waals surface area contributed by atoms with E-state index in [1.165, 1.54) is 0 Å². The SMILES string of the molecule is CCCNCc1cn(CCOc2cccnc2)nn1. The molecule has 0 bridgehead atoms. The third-order valence-corrected chi connectivity index (χ3v) is 2.54. The minimum Gasteiger partial charge on any atom is -0.490 e. The van der Waals surface area contributed by atoms with Crippen molar-refractivity contribution in [3.05, 3.63) is 36.4 Å². The Hall–Kier alpha value is -1.95. The molecular weight excluding hydrogens is 242 g/mol. The third kappa shape index (κ3) is 4.67. The van der Waals surface area contributed by atoms with Crippen LogP contribution in [0.25, 0.3) is 0 Å². The predicted octanol–water partition coefficient (Wildman–Crippen LogP) is 1.25. The second-order valence-corrected chi connectivity index (χ2v) is 4.19. The summed E-state index contributed by atoms with van der Waals surface area (Å²) >= 11 is 0. The Balaban J connectivity index is 1.71. The van der Waals surface area contributed by atoms with E-state index in [9.17, 15) is 0 Å². The van der Waals surface area contributed by atoms with Gasteiger partial charge in [-0.2, -0.15) is 0 Å². The van der Waals surface area contributed by atoms with E-state index in [0.717, 1.165) is 31.0 Å². The van der Waals surface area contributed by atoms with Crippen LogP contribution in [0.5, 0.6) is 5.75 Å². The van der Waals surface area contributed by atoms with E-state index in [4.69, 9.17) is 4.74 Å². The van der Waals surface area contributed by atoms with Crippen LogP contribution in [0.4, 0.5) is 0 Å². The smallest absolute Gasteiger partial charge is 0.137 e. The zero-order valence-electron chi connectivity index (χ0n) is 11.1. The van der Waals surface area contributed by atoms with Crippen molar-refractivity contribution >= 4 is 0 Å². The molecule has 0 radical (unpaired) electrons. The summed E-state index contributed by atoms with van der Waals surface area (Å²) in [6, 6.07) is 3.73. The molecule has 2 aromatic heterocycles. The van der Waals surface area contributed by atoms with Crippen LogP contribution in [0.3, 0.4) is 0 Å². The van der Waals surface area contributed by atoms with Crippen LogP contribution in [-0.4, -0.2) is 33.1 Å².